The highest BCUT2D eigenvalue weighted by molar-refractivity contribution is 5.72. The number of halogens is 3. The second kappa shape index (κ2) is 4.30. The number of aliphatic carboxylic acids is 1. The molecule has 0 bridgehead atoms. The van der Waals surface area contributed by atoms with Gasteiger partial charge in [0.05, 0.1) is 0 Å². The first-order valence-electron chi connectivity index (χ1n) is 3.28. The number of alkyl halides is 3. The number of rotatable bonds is 4. The first-order valence-corrected chi connectivity index (χ1v) is 3.28. The summed E-state index contributed by atoms with van der Waals surface area (Å²) in [5, 5.41) is 8.28. The van der Waals surface area contributed by atoms with Gasteiger partial charge in [-0.05, 0) is 6.42 Å². The van der Waals surface area contributed by atoms with E-state index in [0.717, 1.165) is 0 Å². The zero-order chi connectivity index (χ0) is 9.78. The van der Waals surface area contributed by atoms with Crippen LogP contribution in [0.1, 0.15) is 13.3 Å². The minimum atomic E-state index is -4.47. The maximum atomic E-state index is 11.5. The number of carboxylic acids is 1. The van der Waals surface area contributed by atoms with Gasteiger partial charge in [0.25, 0.3) is 0 Å². The highest BCUT2D eigenvalue weighted by Crippen LogP contribution is 2.16. The molecule has 0 radical (unpaired) electrons. The summed E-state index contributed by atoms with van der Waals surface area (Å²) < 4.78 is 38.6. The summed E-state index contributed by atoms with van der Waals surface area (Å²) in [4.78, 5) is 10.2. The minimum absolute atomic E-state index is 0.0193. The van der Waals surface area contributed by atoms with Crippen molar-refractivity contribution in [3.63, 3.8) is 0 Å². The lowest BCUT2D eigenvalue weighted by molar-refractivity contribution is -0.192. The van der Waals surface area contributed by atoms with Crippen LogP contribution in [0.3, 0.4) is 0 Å². The predicted molar refractivity (Wildman–Crippen MR) is 33.7 cm³/mol. The molecule has 0 aromatic carbocycles. The van der Waals surface area contributed by atoms with Gasteiger partial charge in [-0.3, -0.25) is 0 Å². The fourth-order valence-corrected chi connectivity index (χ4v) is 0.559. The van der Waals surface area contributed by atoms with Crippen LogP contribution in [0.5, 0.6) is 0 Å². The number of hydrogen-bond acceptors (Lipinski definition) is 2. The van der Waals surface area contributed by atoms with Crippen molar-refractivity contribution >= 4 is 5.97 Å². The van der Waals surface area contributed by atoms with E-state index in [0.29, 0.717) is 0 Å². The number of ether oxygens (including phenoxy) is 1. The molecule has 0 amide bonds. The molecule has 1 atom stereocenters. The Morgan fingerprint density at radius 2 is 2.08 bits per heavy atom. The number of carboxylic acid groups (broad SMARTS) is 1. The standard InChI is InChI=1S/C6H9F3O3/c1-2-4(5(10)11)12-3-6(7,8)9/h4H,2-3H2,1H3,(H,10,11). The molecule has 1 N–H and O–H groups in total. The second-order valence-corrected chi connectivity index (χ2v) is 2.16. The Kier molecular flexibility index (Phi) is 4.02. The predicted octanol–water partition coefficient (Wildman–Crippen LogP) is 1.43. The van der Waals surface area contributed by atoms with E-state index in [1.54, 1.807) is 0 Å². The Hall–Kier alpha value is -0.780. The Balaban J connectivity index is 3.81. The van der Waals surface area contributed by atoms with E-state index in [2.05, 4.69) is 4.74 Å². The average molecular weight is 186 g/mol. The van der Waals surface area contributed by atoms with Crippen molar-refractivity contribution in [3.8, 4) is 0 Å². The zero-order valence-electron chi connectivity index (χ0n) is 6.39. The number of carbonyl (C=O) groups is 1. The topological polar surface area (TPSA) is 46.5 Å². The van der Waals surface area contributed by atoms with E-state index in [1.165, 1.54) is 6.92 Å². The fourth-order valence-electron chi connectivity index (χ4n) is 0.559. The third-order valence-corrected chi connectivity index (χ3v) is 1.09. The van der Waals surface area contributed by atoms with Crippen LogP contribution < -0.4 is 0 Å². The van der Waals surface area contributed by atoms with Crippen molar-refractivity contribution in [1.82, 2.24) is 0 Å². The number of hydrogen-bond donors (Lipinski definition) is 1. The lowest BCUT2D eigenvalue weighted by Gasteiger charge is -2.12. The van der Waals surface area contributed by atoms with Crippen molar-refractivity contribution < 1.29 is 27.8 Å². The van der Waals surface area contributed by atoms with Crippen molar-refractivity contribution in [2.24, 2.45) is 0 Å². The average Bonchev–Trinajstić information content (AvgIpc) is 1.85. The summed E-state index contributed by atoms with van der Waals surface area (Å²) in [5.74, 6) is -1.37. The Labute approximate surface area is 67.1 Å². The summed E-state index contributed by atoms with van der Waals surface area (Å²) in [6.07, 6.45) is -5.82. The van der Waals surface area contributed by atoms with E-state index in [1.807, 2.05) is 0 Å². The van der Waals surface area contributed by atoms with Gasteiger partial charge in [0.2, 0.25) is 0 Å². The van der Waals surface area contributed by atoms with Crippen LogP contribution in [-0.4, -0.2) is 30.0 Å². The summed E-state index contributed by atoms with van der Waals surface area (Å²) in [6.45, 7) is -0.0764. The van der Waals surface area contributed by atoms with Gasteiger partial charge in [0.1, 0.15) is 6.61 Å². The summed E-state index contributed by atoms with van der Waals surface area (Å²) in [6, 6.07) is 0. The summed E-state index contributed by atoms with van der Waals surface area (Å²) in [5.41, 5.74) is 0. The van der Waals surface area contributed by atoms with Crippen LogP contribution in [0.2, 0.25) is 0 Å². The molecule has 0 aromatic rings. The van der Waals surface area contributed by atoms with E-state index < -0.39 is 24.9 Å². The maximum absolute atomic E-state index is 11.5. The largest absolute Gasteiger partial charge is 0.479 e. The lowest BCUT2D eigenvalue weighted by Crippen LogP contribution is -2.28. The molecule has 1 unspecified atom stereocenters. The Bertz CT molecular complexity index is 155. The highest BCUT2D eigenvalue weighted by Gasteiger charge is 2.30. The van der Waals surface area contributed by atoms with Gasteiger partial charge in [-0.2, -0.15) is 13.2 Å². The molecule has 3 nitrogen and oxygen atoms in total. The third kappa shape index (κ3) is 4.95. The summed E-state index contributed by atoms with van der Waals surface area (Å²) in [7, 11) is 0. The molecule has 0 rings (SSSR count). The van der Waals surface area contributed by atoms with Gasteiger partial charge in [0, 0.05) is 0 Å². The van der Waals surface area contributed by atoms with Crippen LogP contribution in [0.4, 0.5) is 13.2 Å². The molecule has 0 spiro atoms. The van der Waals surface area contributed by atoms with Crippen molar-refractivity contribution in [2.75, 3.05) is 6.61 Å². The minimum Gasteiger partial charge on any atom is -0.479 e. The highest BCUT2D eigenvalue weighted by atomic mass is 19.4. The molecule has 0 aliphatic heterocycles. The van der Waals surface area contributed by atoms with Gasteiger partial charge < -0.3 is 9.84 Å². The molecular weight excluding hydrogens is 177 g/mol. The van der Waals surface area contributed by atoms with Crippen molar-refractivity contribution in [3.05, 3.63) is 0 Å². The maximum Gasteiger partial charge on any atom is 0.411 e. The molecule has 0 saturated heterocycles. The lowest BCUT2D eigenvalue weighted by atomic mass is 10.3. The molecular formula is C6H9F3O3. The van der Waals surface area contributed by atoms with Crippen molar-refractivity contribution in [1.29, 1.82) is 0 Å². The molecule has 0 fully saturated rings. The fraction of sp³-hybridized carbons (Fsp3) is 0.833. The molecule has 0 aliphatic rings. The zero-order valence-corrected chi connectivity index (χ0v) is 6.39. The Morgan fingerprint density at radius 1 is 1.58 bits per heavy atom. The van der Waals surface area contributed by atoms with E-state index in [9.17, 15) is 18.0 Å². The monoisotopic (exact) mass is 186 g/mol. The van der Waals surface area contributed by atoms with Crippen molar-refractivity contribution in [2.45, 2.75) is 25.6 Å². The molecule has 0 saturated carbocycles. The molecule has 0 aliphatic carbocycles. The smallest absolute Gasteiger partial charge is 0.411 e. The molecule has 12 heavy (non-hydrogen) atoms. The van der Waals surface area contributed by atoms with Gasteiger partial charge in [-0.1, -0.05) is 6.92 Å². The van der Waals surface area contributed by atoms with Crippen LogP contribution in [0, 0.1) is 0 Å². The molecule has 6 heteroatoms. The molecule has 0 heterocycles. The van der Waals surface area contributed by atoms with E-state index >= 15 is 0 Å². The second-order valence-electron chi connectivity index (χ2n) is 2.16. The first-order chi connectivity index (χ1) is 5.37. The van der Waals surface area contributed by atoms with Gasteiger partial charge in [0.15, 0.2) is 6.10 Å². The quantitative estimate of drug-likeness (QED) is 0.722. The van der Waals surface area contributed by atoms with Crippen LogP contribution in [-0.2, 0) is 9.53 Å². The van der Waals surface area contributed by atoms with E-state index in [-0.39, 0.29) is 6.42 Å². The first kappa shape index (κ1) is 11.2. The van der Waals surface area contributed by atoms with Crippen LogP contribution >= 0.6 is 0 Å². The molecule has 72 valence electrons. The Morgan fingerprint density at radius 3 is 2.33 bits per heavy atom. The van der Waals surface area contributed by atoms with Crippen LogP contribution in [0.15, 0.2) is 0 Å². The van der Waals surface area contributed by atoms with E-state index in [4.69, 9.17) is 5.11 Å². The van der Waals surface area contributed by atoms with Gasteiger partial charge >= 0.3 is 12.1 Å². The normalized spacial score (nSPS) is 14.3. The third-order valence-electron chi connectivity index (χ3n) is 1.09. The SMILES string of the molecule is CCC(OCC(F)(F)F)C(=O)O. The molecule has 0 aromatic heterocycles. The van der Waals surface area contributed by atoms with Crippen LogP contribution in [0.25, 0.3) is 0 Å². The van der Waals surface area contributed by atoms with Gasteiger partial charge in [-0.15, -0.1) is 0 Å². The van der Waals surface area contributed by atoms with Gasteiger partial charge in [-0.25, -0.2) is 4.79 Å². The summed E-state index contributed by atoms with van der Waals surface area (Å²) >= 11 is 0.